The molecule has 30 heavy (non-hydrogen) atoms. The van der Waals surface area contributed by atoms with Crippen molar-refractivity contribution in [2.75, 3.05) is 33.7 Å². The van der Waals surface area contributed by atoms with Crippen LogP contribution in [0.1, 0.15) is 61.3 Å². The second-order valence-electron chi connectivity index (χ2n) is 9.13. The van der Waals surface area contributed by atoms with Crippen LogP contribution in [0.3, 0.4) is 0 Å². The monoisotopic (exact) mass is 427 g/mol. The maximum atomic E-state index is 11.7. The molecule has 1 aliphatic heterocycles. The van der Waals surface area contributed by atoms with Crippen molar-refractivity contribution in [2.45, 2.75) is 67.3 Å². The minimum atomic E-state index is -1.01. The van der Waals surface area contributed by atoms with Crippen LogP contribution in [-0.4, -0.2) is 73.0 Å². The maximum absolute atomic E-state index is 11.7. The number of hydrogen-bond acceptors (Lipinski definition) is 4. The molecule has 7 nitrogen and oxygen atoms in total. The van der Waals surface area contributed by atoms with Crippen LogP contribution >= 0.6 is 0 Å². The van der Waals surface area contributed by atoms with Gasteiger partial charge >= 0.3 is 5.97 Å². The average molecular weight is 428 g/mol. The molecule has 1 rings (SSSR count). The summed E-state index contributed by atoms with van der Waals surface area (Å²) < 4.78 is 0. The smallest absolute Gasteiger partial charge is 0.331 e. The lowest BCUT2D eigenvalue weighted by Gasteiger charge is -2.29. The normalized spacial score (nSPS) is 17.8. The molecule has 7 heteroatoms. The van der Waals surface area contributed by atoms with E-state index in [1.54, 1.807) is 13.1 Å². The van der Waals surface area contributed by atoms with Gasteiger partial charge in [0.2, 0.25) is 12.3 Å². The van der Waals surface area contributed by atoms with Crippen molar-refractivity contribution in [3.8, 4) is 0 Å². The number of likely N-dealkylation sites (tertiary alicyclic amines) is 1. The third kappa shape index (κ3) is 16.0. The van der Waals surface area contributed by atoms with Crippen molar-refractivity contribution < 1.29 is 19.5 Å². The molecule has 0 unspecified atom stereocenters. The molecule has 1 saturated heterocycles. The van der Waals surface area contributed by atoms with Crippen molar-refractivity contribution in [3.05, 3.63) is 11.6 Å². The molecule has 0 aromatic carbocycles. The molecule has 0 aliphatic carbocycles. The Balaban J connectivity index is 0. The third-order valence-electron chi connectivity index (χ3n) is 4.48. The molecule has 2 N–H and O–H groups in total. The van der Waals surface area contributed by atoms with Crippen molar-refractivity contribution >= 4 is 18.3 Å². The lowest BCUT2D eigenvalue weighted by molar-refractivity contribution is -0.133. The number of aliphatic carboxylic acids is 1. The predicted octanol–water partition coefficient (Wildman–Crippen LogP) is 3.26. The van der Waals surface area contributed by atoms with Gasteiger partial charge in [-0.25, -0.2) is 4.79 Å². The number of likely N-dealkylation sites (N-methyl/N-ethyl adjacent to an activating group) is 1. The quantitative estimate of drug-likeness (QED) is 0.481. The van der Waals surface area contributed by atoms with Crippen LogP contribution < -0.4 is 5.32 Å². The fourth-order valence-electron chi connectivity index (χ4n) is 2.92. The molecule has 176 valence electrons. The molecule has 1 fully saturated rings. The standard InChI is InChI=1S/C12H20N2O4.C7H15N.C4H10/c1-8(2)10(5-9(3)12(17)18)14(4)11(16)6-13-7-15;1-7-4-3-5-8(2)6-7;1-4(2)3/h5,7-8,10H,6H2,1-4H3,(H,13,15)(H,17,18);7H,3-6H2,1-2H3;4H,1-3H3/b9-5+;;/t10-;7-;/m10./s1. The van der Waals surface area contributed by atoms with E-state index in [0.29, 0.717) is 6.41 Å². The Bertz CT molecular complexity index is 522. The van der Waals surface area contributed by atoms with Crippen LogP contribution in [0.15, 0.2) is 11.6 Å². The van der Waals surface area contributed by atoms with Crippen LogP contribution in [0.5, 0.6) is 0 Å². The van der Waals surface area contributed by atoms with Gasteiger partial charge in [-0.2, -0.15) is 0 Å². The fourth-order valence-corrected chi connectivity index (χ4v) is 2.92. The van der Waals surface area contributed by atoms with E-state index >= 15 is 0 Å². The summed E-state index contributed by atoms with van der Waals surface area (Å²) in [6, 6.07) is -0.318. The number of rotatable bonds is 7. The van der Waals surface area contributed by atoms with Gasteiger partial charge in [0.05, 0.1) is 12.6 Å². The molecular weight excluding hydrogens is 382 g/mol. The van der Waals surface area contributed by atoms with Gasteiger partial charge in [0.1, 0.15) is 0 Å². The molecular formula is C23H45N3O4. The van der Waals surface area contributed by atoms with Gasteiger partial charge in [-0.3, -0.25) is 9.59 Å². The van der Waals surface area contributed by atoms with Gasteiger partial charge in [-0.15, -0.1) is 0 Å². The molecule has 2 amide bonds. The van der Waals surface area contributed by atoms with Crippen molar-refractivity contribution in [3.63, 3.8) is 0 Å². The summed E-state index contributed by atoms with van der Waals surface area (Å²) in [7, 11) is 3.79. The number of hydrogen-bond donors (Lipinski definition) is 2. The number of piperidine rings is 1. The van der Waals surface area contributed by atoms with Crippen molar-refractivity contribution in [1.82, 2.24) is 15.1 Å². The lowest BCUT2D eigenvalue weighted by Crippen LogP contribution is -2.43. The highest BCUT2D eigenvalue weighted by Crippen LogP contribution is 2.14. The van der Waals surface area contributed by atoms with Crippen molar-refractivity contribution in [2.24, 2.45) is 17.8 Å². The Hall–Kier alpha value is -1.89. The van der Waals surface area contributed by atoms with E-state index in [9.17, 15) is 14.4 Å². The zero-order valence-corrected chi connectivity index (χ0v) is 20.6. The van der Waals surface area contributed by atoms with Crippen LogP contribution in [0, 0.1) is 17.8 Å². The second kappa shape index (κ2) is 16.9. The topological polar surface area (TPSA) is 90.0 Å². The molecule has 0 saturated carbocycles. The number of carbonyl (C=O) groups excluding carboxylic acids is 2. The first-order valence-corrected chi connectivity index (χ1v) is 10.9. The Morgan fingerprint density at radius 1 is 1.23 bits per heavy atom. The fraction of sp³-hybridized carbons (Fsp3) is 0.783. The summed E-state index contributed by atoms with van der Waals surface area (Å²) in [5.41, 5.74) is 0.191. The zero-order valence-electron chi connectivity index (χ0n) is 20.6. The van der Waals surface area contributed by atoms with Crippen LogP contribution in [0.2, 0.25) is 0 Å². The highest BCUT2D eigenvalue weighted by atomic mass is 16.4. The first kappa shape index (κ1) is 30.3. The summed E-state index contributed by atoms with van der Waals surface area (Å²) in [5, 5.41) is 11.1. The number of nitrogens with one attached hydrogen (secondary N) is 1. The Labute approximate surface area is 183 Å². The summed E-state index contributed by atoms with van der Waals surface area (Å²) in [6.07, 6.45) is 4.84. The molecule has 0 spiro atoms. The van der Waals surface area contributed by atoms with E-state index in [0.717, 1.165) is 11.8 Å². The predicted molar refractivity (Wildman–Crippen MR) is 123 cm³/mol. The molecule has 0 bridgehead atoms. The number of amides is 2. The largest absolute Gasteiger partial charge is 0.478 e. The highest BCUT2D eigenvalue weighted by molar-refractivity contribution is 5.86. The number of nitrogens with zero attached hydrogens (tertiary/aromatic N) is 2. The molecule has 1 heterocycles. The minimum Gasteiger partial charge on any atom is -0.478 e. The lowest BCUT2D eigenvalue weighted by atomic mass is 10.00. The van der Waals surface area contributed by atoms with Gasteiger partial charge in [0, 0.05) is 19.2 Å². The van der Waals surface area contributed by atoms with Crippen LogP contribution in [0.4, 0.5) is 0 Å². The Morgan fingerprint density at radius 2 is 1.77 bits per heavy atom. The number of carboxylic acid groups (broad SMARTS) is 1. The van der Waals surface area contributed by atoms with E-state index in [2.05, 4.69) is 45.0 Å². The number of carbonyl (C=O) groups is 3. The van der Waals surface area contributed by atoms with E-state index < -0.39 is 5.97 Å². The number of carboxylic acids is 1. The summed E-state index contributed by atoms with van der Waals surface area (Å²) in [4.78, 5) is 36.5. The molecule has 0 radical (unpaired) electrons. The van der Waals surface area contributed by atoms with Crippen LogP contribution in [0.25, 0.3) is 0 Å². The summed E-state index contributed by atoms with van der Waals surface area (Å²) in [5.74, 6) is 0.570. The SMILES string of the molecule is C/C(=C\[C@H](C(C)C)N(C)C(=O)CNC=O)C(=O)O.CC(C)C.C[C@H]1CCCN(C)C1. The van der Waals surface area contributed by atoms with E-state index in [-0.39, 0.29) is 30.0 Å². The molecule has 2 atom stereocenters. The van der Waals surface area contributed by atoms with Gasteiger partial charge < -0.3 is 20.2 Å². The first-order chi connectivity index (χ1) is 13.8. The van der Waals surface area contributed by atoms with Crippen LogP contribution in [-0.2, 0) is 14.4 Å². The second-order valence-corrected chi connectivity index (χ2v) is 9.13. The highest BCUT2D eigenvalue weighted by Gasteiger charge is 2.21. The molecule has 0 aromatic rings. The third-order valence-corrected chi connectivity index (χ3v) is 4.48. The van der Waals surface area contributed by atoms with Gasteiger partial charge in [0.15, 0.2) is 0 Å². The minimum absolute atomic E-state index is 0.0736. The van der Waals surface area contributed by atoms with Crippen molar-refractivity contribution in [1.29, 1.82) is 0 Å². The van der Waals surface area contributed by atoms with Gasteiger partial charge in [-0.1, -0.05) is 47.6 Å². The molecule has 1 aliphatic rings. The van der Waals surface area contributed by atoms with E-state index in [4.69, 9.17) is 5.11 Å². The average Bonchev–Trinajstić information content (AvgIpc) is 2.62. The molecule has 0 aromatic heterocycles. The van der Waals surface area contributed by atoms with E-state index in [1.807, 2.05) is 13.8 Å². The van der Waals surface area contributed by atoms with Gasteiger partial charge in [0.25, 0.3) is 0 Å². The Kier molecular flexibility index (Phi) is 17.0. The summed E-state index contributed by atoms with van der Waals surface area (Å²) >= 11 is 0. The Morgan fingerprint density at radius 3 is 2.10 bits per heavy atom. The first-order valence-electron chi connectivity index (χ1n) is 10.9. The summed E-state index contributed by atoms with van der Waals surface area (Å²) in [6.45, 7) is 16.6. The van der Waals surface area contributed by atoms with Gasteiger partial charge in [-0.05, 0) is 51.1 Å². The maximum Gasteiger partial charge on any atom is 0.331 e. The zero-order chi connectivity index (χ0) is 23.9. The van der Waals surface area contributed by atoms with E-state index in [1.165, 1.54) is 37.8 Å².